The van der Waals surface area contributed by atoms with Gasteiger partial charge in [-0.15, -0.1) is 0 Å². The van der Waals surface area contributed by atoms with E-state index in [1.807, 2.05) is 6.92 Å². The molecule has 1 amide bonds. The zero-order chi connectivity index (χ0) is 14.3. The molecular formula is C14H25NO4. The van der Waals surface area contributed by atoms with Crippen LogP contribution in [0.3, 0.4) is 0 Å². The van der Waals surface area contributed by atoms with E-state index in [9.17, 15) is 14.7 Å². The third-order valence-electron chi connectivity index (χ3n) is 4.03. The van der Waals surface area contributed by atoms with Crippen LogP contribution in [-0.2, 0) is 9.59 Å². The summed E-state index contributed by atoms with van der Waals surface area (Å²) < 4.78 is 0. The molecule has 5 heteroatoms. The molecule has 3 unspecified atom stereocenters. The molecular weight excluding hydrogens is 246 g/mol. The highest BCUT2D eigenvalue weighted by atomic mass is 16.4. The molecule has 19 heavy (non-hydrogen) atoms. The summed E-state index contributed by atoms with van der Waals surface area (Å²) in [6.07, 6.45) is 4.69. The van der Waals surface area contributed by atoms with Crippen LogP contribution in [0.2, 0.25) is 0 Å². The molecule has 0 spiro atoms. The number of rotatable bonds is 8. The van der Waals surface area contributed by atoms with Gasteiger partial charge in [0, 0.05) is 13.2 Å². The first-order chi connectivity index (χ1) is 9.10. The molecule has 3 atom stereocenters. The molecule has 1 aliphatic rings. The van der Waals surface area contributed by atoms with Gasteiger partial charge in [-0.1, -0.05) is 13.3 Å². The van der Waals surface area contributed by atoms with Crippen molar-refractivity contribution in [1.82, 2.24) is 5.32 Å². The normalized spacial score (nSPS) is 26.3. The smallest absolute Gasteiger partial charge is 0.307 e. The second-order valence-corrected chi connectivity index (χ2v) is 5.37. The third-order valence-corrected chi connectivity index (χ3v) is 4.03. The predicted octanol–water partition coefficient (Wildman–Crippen LogP) is 1.40. The van der Waals surface area contributed by atoms with E-state index in [0.29, 0.717) is 25.3 Å². The molecule has 3 N–H and O–H groups in total. The maximum atomic E-state index is 12.0. The summed E-state index contributed by atoms with van der Waals surface area (Å²) >= 11 is 0. The Balaban J connectivity index is 2.39. The monoisotopic (exact) mass is 271 g/mol. The number of carboxylic acids is 1. The van der Waals surface area contributed by atoms with Gasteiger partial charge < -0.3 is 15.5 Å². The van der Waals surface area contributed by atoms with Crippen LogP contribution < -0.4 is 5.32 Å². The van der Waals surface area contributed by atoms with Crippen LogP contribution in [0.5, 0.6) is 0 Å². The molecule has 5 nitrogen and oxygen atoms in total. The maximum Gasteiger partial charge on any atom is 0.307 e. The summed E-state index contributed by atoms with van der Waals surface area (Å²) in [7, 11) is 0. The lowest BCUT2D eigenvalue weighted by molar-refractivity contribution is -0.146. The van der Waals surface area contributed by atoms with Gasteiger partial charge in [-0.2, -0.15) is 0 Å². The van der Waals surface area contributed by atoms with Crippen LogP contribution in [0.1, 0.15) is 45.4 Å². The van der Waals surface area contributed by atoms with Crippen molar-refractivity contribution in [3.63, 3.8) is 0 Å². The highest BCUT2D eigenvalue weighted by Gasteiger charge is 2.41. The Morgan fingerprint density at radius 2 is 1.84 bits per heavy atom. The number of nitrogens with one attached hydrogen (secondary N) is 1. The van der Waals surface area contributed by atoms with Crippen molar-refractivity contribution in [3.05, 3.63) is 0 Å². The Bertz CT molecular complexity index is 306. The quantitative estimate of drug-likeness (QED) is 0.582. The molecule has 0 radical (unpaired) electrons. The van der Waals surface area contributed by atoms with Crippen molar-refractivity contribution in [1.29, 1.82) is 0 Å². The first-order valence-corrected chi connectivity index (χ1v) is 7.21. The lowest BCUT2D eigenvalue weighted by Gasteiger charge is -2.15. The number of aliphatic hydroxyl groups is 1. The van der Waals surface area contributed by atoms with Gasteiger partial charge >= 0.3 is 5.97 Å². The van der Waals surface area contributed by atoms with Crippen LogP contribution in [0.4, 0.5) is 0 Å². The molecule has 1 fully saturated rings. The second-order valence-electron chi connectivity index (χ2n) is 5.37. The fourth-order valence-electron chi connectivity index (χ4n) is 2.80. The molecule has 0 bridgehead atoms. The Kier molecular flexibility index (Phi) is 6.84. The van der Waals surface area contributed by atoms with Gasteiger partial charge in [0.1, 0.15) is 0 Å². The van der Waals surface area contributed by atoms with Crippen molar-refractivity contribution in [2.45, 2.75) is 45.4 Å². The van der Waals surface area contributed by atoms with Crippen LogP contribution in [0.15, 0.2) is 0 Å². The number of hydrogen-bond acceptors (Lipinski definition) is 3. The summed E-state index contributed by atoms with van der Waals surface area (Å²) in [5.41, 5.74) is 0. The van der Waals surface area contributed by atoms with Crippen molar-refractivity contribution in [2.75, 3.05) is 13.2 Å². The van der Waals surface area contributed by atoms with Crippen molar-refractivity contribution < 1.29 is 19.8 Å². The summed E-state index contributed by atoms with van der Waals surface area (Å²) in [4.78, 5) is 23.2. The standard InChI is InChI=1S/C14H25NO4/c1-2-10-8-11(12(9-10)14(18)19)13(17)15-6-4-3-5-7-16/h10-12,16H,2-9H2,1H3,(H,15,17)(H,18,19). The fraction of sp³-hybridized carbons (Fsp3) is 0.857. The molecule has 0 aliphatic heterocycles. The first kappa shape index (κ1) is 16.0. The van der Waals surface area contributed by atoms with Gasteiger partial charge in [-0.3, -0.25) is 9.59 Å². The number of hydrogen-bond donors (Lipinski definition) is 3. The fourth-order valence-corrected chi connectivity index (χ4v) is 2.80. The average molecular weight is 271 g/mol. The topological polar surface area (TPSA) is 86.6 Å². The van der Waals surface area contributed by atoms with Gasteiger partial charge in [0.15, 0.2) is 0 Å². The Labute approximate surface area is 114 Å². The zero-order valence-corrected chi connectivity index (χ0v) is 11.6. The number of aliphatic carboxylic acids is 1. The van der Waals surface area contributed by atoms with Crippen LogP contribution in [0, 0.1) is 17.8 Å². The summed E-state index contributed by atoms with van der Waals surface area (Å²) in [6, 6.07) is 0. The van der Waals surface area contributed by atoms with E-state index in [1.165, 1.54) is 0 Å². The minimum absolute atomic E-state index is 0.118. The molecule has 1 aliphatic carbocycles. The molecule has 1 saturated carbocycles. The minimum atomic E-state index is -0.851. The number of aliphatic hydroxyl groups excluding tert-OH is 1. The molecule has 0 saturated heterocycles. The lowest BCUT2D eigenvalue weighted by Crippen LogP contribution is -2.35. The van der Waals surface area contributed by atoms with Gasteiger partial charge in [0.05, 0.1) is 11.8 Å². The predicted molar refractivity (Wildman–Crippen MR) is 71.6 cm³/mol. The number of unbranched alkanes of at least 4 members (excludes halogenated alkanes) is 2. The largest absolute Gasteiger partial charge is 0.481 e. The second kappa shape index (κ2) is 8.15. The molecule has 0 heterocycles. The zero-order valence-electron chi connectivity index (χ0n) is 11.6. The van der Waals surface area contributed by atoms with E-state index in [2.05, 4.69) is 5.32 Å². The average Bonchev–Trinajstić information content (AvgIpc) is 2.82. The van der Waals surface area contributed by atoms with Gasteiger partial charge in [0.25, 0.3) is 0 Å². The number of carboxylic acid groups (broad SMARTS) is 1. The SMILES string of the molecule is CCC1CC(C(=O)O)C(C(=O)NCCCCCO)C1. The third kappa shape index (κ3) is 4.82. The van der Waals surface area contributed by atoms with Gasteiger partial charge in [0.2, 0.25) is 5.91 Å². The summed E-state index contributed by atoms with van der Waals surface area (Å²) in [5.74, 6) is -1.52. The highest BCUT2D eigenvalue weighted by Crippen LogP contribution is 2.38. The molecule has 0 aromatic rings. The Morgan fingerprint density at radius 3 is 2.42 bits per heavy atom. The van der Waals surface area contributed by atoms with E-state index in [1.54, 1.807) is 0 Å². The van der Waals surface area contributed by atoms with Gasteiger partial charge in [-0.05, 0) is 38.0 Å². The van der Waals surface area contributed by atoms with Crippen molar-refractivity contribution in [2.24, 2.45) is 17.8 Å². The van der Waals surface area contributed by atoms with E-state index in [4.69, 9.17) is 5.11 Å². The Morgan fingerprint density at radius 1 is 1.16 bits per heavy atom. The van der Waals surface area contributed by atoms with Crippen LogP contribution >= 0.6 is 0 Å². The van der Waals surface area contributed by atoms with E-state index < -0.39 is 11.9 Å². The minimum Gasteiger partial charge on any atom is -0.481 e. The van der Waals surface area contributed by atoms with E-state index >= 15 is 0 Å². The maximum absolute atomic E-state index is 12.0. The number of carbonyl (C=O) groups excluding carboxylic acids is 1. The lowest BCUT2D eigenvalue weighted by atomic mass is 9.95. The number of amides is 1. The summed E-state index contributed by atoms with van der Waals surface area (Å²) in [5, 5.41) is 20.7. The van der Waals surface area contributed by atoms with E-state index in [0.717, 1.165) is 25.7 Å². The number of carbonyl (C=O) groups is 2. The summed E-state index contributed by atoms with van der Waals surface area (Å²) in [6.45, 7) is 2.78. The molecule has 110 valence electrons. The molecule has 1 rings (SSSR count). The highest BCUT2D eigenvalue weighted by molar-refractivity contribution is 5.85. The first-order valence-electron chi connectivity index (χ1n) is 7.21. The van der Waals surface area contributed by atoms with Crippen molar-refractivity contribution >= 4 is 11.9 Å². The van der Waals surface area contributed by atoms with Crippen LogP contribution in [0.25, 0.3) is 0 Å². The van der Waals surface area contributed by atoms with Gasteiger partial charge in [-0.25, -0.2) is 0 Å². The van der Waals surface area contributed by atoms with Crippen LogP contribution in [-0.4, -0.2) is 35.2 Å². The van der Waals surface area contributed by atoms with E-state index in [-0.39, 0.29) is 18.4 Å². The molecule has 0 aromatic carbocycles. The Hall–Kier alpha value is -1.10. The molecule has 0 aromatic heterocycles. The van der Waals surface area contributed by atoms with Crippen molar-refractivity contribution in [3.8, 4) is 0 Å².